The Balaban J connectivity index is 1.91. The maximum atomic E-state index is 5.51. The molecule has 22 heavy (non-hydrogen) atoms. The second kappa shape index (κ2) is 6.50. The van der Waals surface area contributed by atoms with Gasteiger partial charge in [-0.05, 0) is 19.1 Å². The summed E-state index contributed by atoms with van der Waals surface area (Å²) >= 11 is 1.61. The summed E-state index contributed by atoms with van der Waals surface area (Å²) in [5.41, 5.74) is 2.09. The van der Waals surface area contributed by atoms with Crippen molar-refractivity contribution in [2.75, 3.05) is 13.7 Å². The van der Waals surface area contributed by atoms with Crippen LogP contribution in [0.5, 0.6) is 0 Å². The summed E-state index contributed by atoms with van der Waals surface area (Å²) in [5.74, 6) is 1.20. The molecule has 0 aliphatic carbocycles. The van der Waals surface area contributed by atoms with Crippen LogP contribution in [0.2, 0.25) is 0 Å². The molecule has 0 amide bonds. The molecule has 6 nitrogen and oxygen atoms in total. The van der Waals surface area contributed by atoms with Crippen LogP contribution >= 0.6 is 11.8 Å². The van der Waals surface area contributed by atoms with Gasteiger partial charge in [-0.1, -0.05) is 23.9 Å². The standard InChI is InChI=1S/C15H18N4O2S/c1-10(14-18-17-11(2)21-14)22-15-16-12-6-4-5-7-13(12)19(15)8-9-20-3/h4-7,10H,8-9H2,1-3H3. The van der Waals surface area contributed by atoms with E-state index >= 15 is 0 Å². The minimum atomic E-state index is 0.0410. The first-order valence-electron chi connectivity index (χ1n) is 7.10. The molecule has 0 N–H and O–H groups in total. The van der Waals surface area contributed by atoms with Gasteiger partial charge in [0, 0.05) is 20.6 Å². The maximum absolute atomic E-state index is 5.51. The van der Waals surface area contributed by atoms with E-state index in [0.29, 0.717) is 18.4 Å². The lowest BCUT2D eigenvalue weighted by molar-refractivity contribution is 0.186. The molecular formula is C15H18N4O2S. The fraction of sp³-hybridized carbons (Fsp3) is 0.400. The number of fused-ring (bicyclic) bond motifs is 1. The third-order valence-electron chi connectivity index (χ3n) is 3.31. The van der Waals surface area contributed by atoms with Crippen molar-refractivity contribution in [1.82, 2.24) is 19.7 Å². The minimum Gasteiger partial charge on any atom is -0.424 e. The molecule has 0 bridgehead atoms. The quantitative estimate of drug-likeness (QED) is 0.650. The Morgan fingerprint density at radius 3 is 2.86 bits per heavy atom. The van der Waals surface area contributed by atoms with Gasteiger partial charge in [0.15, 0.2) is 5.16 Å². The third-order valence-corrected chi connectivity index (χ3v) is 4.39. The van der Waals surface area contributed by atoms with Crippen molar-refractivity contribution in [3.05, 3.63) is 36.0 Å². The van der Waals surface area contributed by atoms with E-state index in [9.17, 15) is 0 Å². The summed E-state index contributed by atoms with van der Waals surface area (Å²) in [4.78, 5) is 4.72. The lowest BCUT2D eigenvalue weighted by atomic mass is 10.3. The molecule has 2 heterocycles. The number of nitrogens with zero attached hydrogens (tertiary/aromatic N) is 4. The number of hydrogen-bond donors (Lipinski definition) is 0. The Hall–Kier alpha value is -1.86. The van der Waals surface area contributed by atoms with E-state index in [1.165, 1.54) is 0 Å². The summed E-state index contributed by atoms with van der Waals surface area (Å²) < 4.78 is 12.9. The molecule has 1 unspecified atom stereocenters. The van der Waals surface area contributed by atoms with Gasteiger partial charge in [-0.15, -0.1) is 10.2 Å². The first-order valence-corrected chi connectivity index (χ1v) is 7.98. The van der Waals surface area contributed by atoms with Crippen LogP contribution in [-0.4, -0.2) is 33.5 Å². The Morgan fingerprint density at radius 1 is 1.32 bits per heavy atom. The number of hydrogen-bond acceptors (Lipinski definition) is 6. The second-order valence-corrected chi connectivity index (χ2v) is 6.25. The summed E-state index contributed by atoms with van der Waals surface area (Å²) in [7, 11) is 1.70. The van der Waals surface area contributed by atoms with E-state index in [4.69, 9.17) is 14.1 Å². The minimum absolute atomic E-state index is 0.0410. The number of thioether (sulfide) groups is 1. The van der Waals surface area contributed by atoms with Gasteiger partial charge in [-0.25, -0.2) is 4.98 Å². The highest BCUT2D eigenvalue weighted by atomic mass is 32.2. The van der Waals surface area contributed by atoms with Gasteiger partial charge in [0.25, 0.3) is 0 Å². The molecular weight excluding hydrogens is 300 g/mol. The highest BCUT2D eigenvalue weighted by Gasteiger charge is 2.19. The lowest BCUT2D eigenvalue weighted by Crippen LogP contribution is -2.06. The van der Waals surface area contributed by atoms with E-state index in [1.54, 1.807) is 25.8 Å². The first kappa shape index (κ1) is 15.1. The monoisotopic (exact) mass is 318 g/mol. The van der Waals surface area contributed by atoms with Gasteiger partial charge in [0.1, 0.15) is 0 Å². The van der Waals surface area contributed by atoms with E-state index < -0.39 is 0 Å². The fourth-order valence-electron chi connectivity index (χ4n) is 2.23. The van der Waals surface area contributed by atoms with Gasteiger partial charge in [0.2, 0.25) is 11.8 Å². The topological polar surface area (TPSA) is 66.0 Å². The summed E-state index contributed by atoms with van der Waals surface area (Å²) in [5, 5.41) is 8.95. The van der Waals surface area contributed by atoms with Crippen LogP contribution in [0, 0.1) is 6.92 Å². The summed E-state index contributed by atoms with van der Waals surface area (Å²) in [6, 6.07) is 8.11. The number of aryl methyl sites for hydroxylation is 1. The molecule has 0 spiro atoms. The Kier molecular flexibility index (Phi) is 4.44. The zero-order valence-electron chi connectivity index (χ0n) is 12.8. The molecule has 3 aromatic rings. The highest BCUT2D eigenvalue weighted by Crippen LogP contribution is 2.35. The molecule has 2 aromatic heterocycles. The van der Waals surface area contributed by atoms with Crippen molar-refractivity contribution in [3.8, 4) is 0 Å². The van der Waals surface area contributed by atoms with Gasteiger partial charge in [-0.2, -0.15) is 0 Å². The van der Waals surface area contributed by atoms with Crippen LogP contribution in [0.3, 0.4) is 0 Å². The number of ether oxygens (including phenoxy) is 1. The molecule has 0 radical (unpaired) electrons. The lowest BCUT2D eigenvalue weighted by Gasteiger charge is -2.10. The number of imidazole rings is 1. The Labute approximate surface area is 132 Å². The number of benzene rings is 1. The predicted octanol–water partition coefficient (Wildman–Crippen LogP) is 3.23. The number of para-hydroxylation sites is 2. The van der Waals surface area contributed by atoms with Gasteiger partial charge < -0.3 is 13.7 Å². The molecule has 116 valence electrons. The van der Waals surface area contributed by atoms with Crippen molar-refractivity contribution >= 4 is 22.8 Å². The zero-order valence-corrected chi connectivity index (χ0v) is 13.6. The first-order chi connectivity index (χ1) is 10.7. The maximum Gasteiger partial charge on any atom is 0.229 e. The van der Waals surface area contributed by atoms with E-state index in [2.05, 4.69) is 20.8 Å². The molecule has 0 saturated heterocycles. The van der Waals surface area contributed by atoms with Crippen LogP contribution in [0.15, 0.2) is 33.8 Å². The van der Waals surface area contributed by atoms with Crippen molar-refractivity contribution in [2.24, 2.45) is 0 Å². The highest BCUT2D eigenvalue weighted by molar-refractivity contribution is 7.99. The molecule has 0 aliphatic rings. The van der Waals surface area contributed by atoms with Crippen LogP contribution in [0.4, 0.5) is 0 Å². The molecule has 3 rings (SSSR count). The largest absolute Gasteiger partial charge is 0.424 e. The van der Waals surface area contributed by atoms with Gasteiger partial charge >= 0.3 is 0 Å². The molecule has 1 atom stereocenters. The third kappa shape index (κ3) is 3.00. The predicted molar refractivity (Wildman–Crippen MR) is 84.9 cm³/mol. The molecule has 0 aliphatic heterocycles. The van der Waals surface area contributed by atoms with Crippen LogP contribution < -0.4 is 0 Å². The molecule has 0 saturated carbocycles. The van der Waals surface area contributed by atoms with Gasteiger partial charge in [-0.3, -0.25) is 0 Å². The average Bonchev–Trinajstić information content (AvgIpc) is 3.09. The molecule has 7 heteroatoms. The van der Waals surface area contributed by atoms with E-state index in [0.717, 1.165) is 22.7 Å². The van der Waals surface area contributed by atoms with Gasteiger partial charge in [0.05, 0.1) is 22.9 Å². The summed E-state index contributed by atoms with van der Waals surface area (Å²) in [6.45, 7) is 5.23. The zero-order chi connectivity index (χ0) is 15.5. The number of aromatic nitrogens is 4. The van der Waals surface area contributed by atoms with Crippen LogP contribution in [0.1, 0.15) is 24.0 Å². The van der Waals surface area contributed by atoms with Crippen molar-refractivity contribution < 1.29 is 9.15 Å². The van der Waals surface area contributed by atoms with Crippen LogP contribution in [0.25, 0.3) is 11.0 Å². The fourth-order valence-corrected chi connectivity index (χ4v) is 3.21. The van der Waals surface area contributed by atoms with Crippen LogP contribution in [-0.2, 0) is 11.3 Å². The molecule has 1 aromatic carbocycles. The Bertz CT molecular complexity index is 768. The SMILES string of the molecule is COCCn1c(SC(C)c2nnc(C)o2)nc2ccccc21. The van der Waals surface area contributed by atoms with E-state index in [-0.39, 0.29) is 5.25 Å². The van der Waals surface area contributed by atoms with E-state index in [1.807, 2.05) is 25.1 Å². The summed E-state index contributed by atoms with van der Waals surface area (Å²) in [6.07, 6.45) is 0. The smallest absolute Gasteiger partial charge is 0.229 e. The van der Waals surface area contributed by atoms with Crippen molar-refractivity contribution in [1.29, 1.82) is 0 Å². The normalized spacial score (nSPS) is 12.9. The second-order valence-electron chi connectivity index (χ2n) is 4.95. The average molecular weight is 318 g/mol. The Morgan fingerprint density at radius 2 is 2.14 bits per heavy atom. The van der Waals surface area contributed by atoms with Crippen molar-refractivity contribution in [2.45, 2.75) is 30.8 Å². The number of methoxy groups -OCH3 is 1. The van der Waals surface area contributed by atoms with Crippen molar-refractivity contribution in [3.63, 3.8) is 0 Å². The molecule has 0 fully saturated rings. The number of rotatable bonds is 6.